The summed E-state index contributed by atoms with van der Waals surface area (Å²) in [5.74, 6) is 2.93. The minimum Gasteiger partial charge on any atom is -0.375 e. The van der Waals surface area contributed by atoms with Gasteiger partial charge in [0, 0.05) is 16.6 Å². The second kappa shape index (κ2) is 6.23. The third-order valence-corrected chi connectivity index (χ3v) is 6.88. The summed E-state index contributed by atoms with van der Waals surface area (Å²) in [5, 5.41) is 0. The van der Waals surface area contributed by atoms with Crippen LogP contribution in [-0.4, -0.2) is 23.7 Å². The molecule has 3 rings (SSSR count). The van der Waals surface area contributed by atoms with E-state index in [1.54, 1.807) is 0 Å². The number of nitrogens with two attached hydrogens (primary N) is 1. The van der Waals surface area contributed by atoms with E-state index in [4.69, 9.17) is 10.5 Å². The molecule has 0 bridgehead atoms. The summed E-state index contributed by atoms with van der Waals surface area (Å²) in [6.07, 6.45) is 4.52. The maximum Gasteiger partial charge on any atom is 0.0701 e. The molecule has 0 amide bonds. The van der Waals surface area contributed by atoms with Crippen LogP contribution in [0.1, 0.15) is 38.2 Å². The van der Waals surface area contributed by atoms with Crippen molar-refractivity contribution in [2.45, 2.75) is 43.7 Å². The minimum atomic E-state index is -0.304. The monoisotopic (exact) mass is 369 g/mol. The molecule has 1 aromatic carbocycles. The molecule has 2 aliphatic rings. The molecule has 2 N–H and O–H groups in total. The fraction of sp³-hybridized carbons (Fsp3) is 0.647. The Labute approximate surface area is 140 Å². The molecular weight excluding hydrogens is 346 g/mol. The van der Waals surface area contributed by atoms with Gasteiger partial charge in [-0.15, -0.1) is 0 Å². The van der Waals surface area contributed by atoms with Crippen molar-refractivity contribution in [2.75, 3.05) is 18.1 Å². The lowest BCUT2D eigenvalue weighted by Gasteiger charge is -2.48. The summed E-state index contributed by atoms with van der Waals surface area (Å²) in [5.41, 5.74) is 7.82. The summed E-state index contributed by atoms with van der Waals surface area (Å²) in [6.45, 7) is 3.04. The van der Waals surface area contributed by atoms with E-state index in [1.807, 2.05) is 6.07 Å². The predicted molar refractivity (Wildman–Crippen MR) is 93.6 cm³/mol. The van der Waals surface area contributed by atoms with Gasteiger partial charge in [-0.1, -0.05) is 34.1 Å². The average molecular weight is 370 g/mol. The molecule has 2 fully saturated rings. The SMILES string of the molecule is CC(N)(c1ccccc1Br)C1CCOC2(CCSCC2)C1. The summed E-state index contributed by atoms with van der Waals surface area (Å²) in [7, 11) is 0. The third-order valence-electron chi connectivity index (χ3n) is 5.20. The van der Waals surface area contributed by atoms with Crippen molar-refractivity contribution in [1.29, 1.82) is 0 Å². The van der Waals surface area contributed by atoms with Crippen molar-refractivity contribution >= 4 is 27.7 Å². The average Bonchev–Trinajstić information content (AvgIpc) is 2.48. The highest BCUT2D eigenvalue weighted by molar-refractivity contribution is 9.10. The van der Waals surface area contributed by atoms with Crippen molar-refractivity contribution in [3.05, 3.63) is 34.3 Å². The molecule has 0 aliphatic carbocycles. The van der Waals surface area contributed by atoms with Gasteiger partial charge in [0.15, 0.2) is 0 Å². The van der Waals surface area contributed by atoms with Crippen molar-refractivity contribution < 1.29 is 4.74 Å². The van der Waals surface area contributed by atoms with Crippen LogP contribution in [0.2, 0.25) is 0 Å². The van der Waals surface area contributed by atoms with Gasteiger partial charge in [-0.25, -0.2) is 0 Å². The van der Waals surface area contributed by atoms with Crippen LogP contribution >= 0.6 is 27.7 Å². The molecule has 0 radical (unpaired) electrons. The van der Waals surface area contributed by atoms with Crippen LogP contribution in [0, 0.1) is 5.92 Å². The lowest BCUT2D eigenvalue weighted by molar-refractivity contribution is -0.113. The number of halogens is 1. The van der Waals surface area contributed by atoms with Crippen molar-refractivity contribution in [3.63, 3.8) is 0 Å². The molecule has 2 nitrogen and oxygen atoms in total. The van der Waals surface area contributed by atoms with Crippen LogP contribution in [0.4, 0.5) is 0 Å². The Hall–Kier alpha value is -0.0300. The lowest BCUT2D eigenvalue weighted by atomic mass is 9.70. The van der Waals surface area contributed by atoms with Gasteiger partial charge in [-0.05, 0) is 61.7 Å². The molecule has 2 atom stereocenters. The van der Waals surface area contributed by atoms with Crippen LogP contribution in [0.3, 0.4) is 0 Å². The van der Waals surface area contributed by atoms with E-state index in [2.05, 4.69) is 52.8 Å². The van der Waals surface area contributed by atoms with Gasteiger partial charge in [0.2, 0.25) is 0 Å². The maximum absolute atomic E-state index is 6.81. The van der Waals surface area contributed by atoms with E-state index >= 15 is 0 Å². The molecule has 116 valence electrons. The van der Waals surface area contributed by atoms with Gasteiger partial charge in [0.05, 0.1) is 5.60 Å². The predicted octanol–water partition coefficient (Wildman–Crippen LogP) is 4.32. The highest BCUT2D eigenvalue weighted by Gasteiger charge is 2.44. The molecule has 21 heavy (non-hydrogen) atoms. The first-order chi connectivity index (χ1) is 10.0. The van der Waals surface area contributed by atoms with Gasteiger partial charge in [0.1, 0.15) is 0 Å². The Bertz CT molecular complexity index is 494. The number of benzene rings is 1. The molecular formula is C17H24BrNOS. The molecule has 0 aromatic heterocycles. The van der Waals surface area contributed by atoms with Crippen LogP contribution in [0.15, 0.2) is 28.7 Å². The summed E-state index contributed by atoms with van der Waals surface area (Å²) in [4.78, 5) is 0. The number of hydrogen-bond acceptors (Lipinski definition) is 3. The molecule has 4 heteroatoms. The Balaban J connectivity index is 1.83. The van der Waals surface area contributed by atoms with Gasteiger partial charge in [-0.2, -0.15) is 11.8 Å². The van der Waals surface area contributed by atoms with E-state index < -0.39 is 0 Å². The van der Waals surface area contributed by atoms with Crippen molar-refractivity contribution in [3.8, 4) is 0 Å². The summed E-state index contributed by atoms with van der Waals surface area (Å²) >= 11 is 5.72. The van der Waals surface area contributed by atoms with Crippen LogP contribution in [0.5, 0.6) is 0 Å². The van der Waals surface area contributed by atoms with E-state index in [1.165, 1.54) is 29.9 Å². The van der Waals surface area contributed by atoms with Crippen LogP contribution in [0.25, 0.3) is 0 Å². The van der Waals surface area contributed by atoms with Gasteiger partial charge >= 0.3 is 0 Å². The highest BCUT2D eigenvalue weighted by atomic mass is 79.9. The lowest BCUT2D eigenvalue weighted by Crippen LogP contribution is -2.51. The Kier molecular flexibility index (Phi) is 4.70. The Morgan fingerprint density at radius 2 is 2.05 bits per heavy atom. The molecule has 1 spiro atoms. The second-order valence-corrected chi connectivity index (χ2v) is 8.68. The molecule has 2 saturated heterocycles. The number of ether oxygens (including phenoxy) is 1. The molecule has 1 aromatic rings. The molecule has 0 saturated carbocycles. The number of hydrogen-bond donors (Lipinski definition) is 1. The molecule has 2 unspecified atom stereocenters. The van der Waals surface area contributed by atoms with Crippen LogP contribution in [-0.2, 0) is 10.3 Å². The fourth-order valence-electron chi connectivity index (χ4n) is 3.75. The van der Waals surface area contributed by atoms with E-state index in [-0.39, 0.29) is 11.1 Å². The zero-order chi connectivity index (χ0) is 14.9. The smallest absolute Gasteiger partial charge is 0.0701 e. The first-order valence-electron chi connectivity index (χ1n) is 7.79. The topological polar surface area (TPSA) is 35.2 Å². The fourth-order valence-corrected chi connectivity index (χ4v) is 5.70. The van der Waals surface area contributed by atoms with Gasteiger partial charge in [-0.3, -0.25) is 0 Å². The third kappa shape index (κ3) is 3.19. The van der Waals surface area contributed by atoms with E-state index in [9.17, 15) is 0 Å². The minimum absolute atomic E-state index is 0.0933. The highest BCUT2D eigenvalue weighted by Crippen LogP contribution is 2.45. The maximum atomic E-state index is 6.81. The zero-order valence-corrected chi connectivity index (χ0v) is 15.0. The Morgan fingerprint density at radius 1 is 1.33 bits per heavy atom. The van der Waals surface area contributed by atoms with Crippen LogP contribution < -0.4 is 5.73 Å². The summed E-state index contributed by atoms with van der Waals surface area (Å²) < 4.78 is 7.34. The van der Waals surface area contributed by atoms with Crippen molar-refractivity contribution in [1.82, 2.24) is 0 Å². The first-order valence-corrected chi connectivity index (χ1v) is 9.74. The number of thioether (sulfide) groups is 1. The first kappa shape index (κ1) is 15.9. The summed E-state index contributed by atoms with van der Waals surface area (Å²) in [6, 6.07) is 8.38. The van der Waals surface area contributed by atoms with Crippen molar-refractivity contribution in [2.24, 2.45) is 11.7 Å². The largest absolute Gasteiger partial charge is 0.375 e. The Morgan fingerprint density at radius 3 is 2.76 bits per heavy atom. The second-order valence-electron chi connectivity index (χ2n) is 6.60. The molecule has 2 heterocycles. The zero-order valence-electron chi connectivity index (χ0n) is 12.6. The van der Waals surface area contributed by atoms with E-state index in [0.717, 1.165) is 23.9 Å². The van der Waals surface area contributed by atoms with E-state index in [0.29, 0.717) is 5.92 Å². The number of rotatable bonds is 2. The van der Waals surface area contributed by atoms with Gasteiger partial charge < -0.3 is 10.5 Å². The normalized spacial score (nSPS) is 28.2. The molecule has 2 aliphatic heterocycles. The van der Waals surface area contributed by atoms with Gasteiger partial charge in [0.25, 0.3) is 0 Å². The quantitative estimate of drug-likeness (QED) is 0.842. The standard InChI is InChI=1S/C17H24BrNOS/c1-16(19,14-4-2-3-5-15(14)18)13-6-9-20-17(12-13)7-10-21-11-8-17/h2-5,13H,6-12,19H2,1H3.